The monoisotopic (exact) mass is 404 g/mol. The van der Waals surface area contributed by atoms with Crippen LogP contribution < -0.4 is 16.4 Å². The molecule has 2 aliphatic rings. The molecular weight excluding hydrogens is 380 g/mol. The number of nitrogens with zero attached hydrogens (tertiary/aromatic N) is 3. The molecule has 2 saturated carbocycles. The molecule has 9 heteroatoms. The van der Waals surface area contributed by atoms with Gasteiger partial charge in [0.05, 0.1) is 5.92 Å². The van der Waals surface area contributed by atoms with Crippen LogP contribution in [0.2, 0.25) is 0 Å². The van der Waals surface area contributed by atoms with Gasteiger partial charge in [-0.3, -0.25) is 14.9 Å². The third-order valence-electron chi connectivity index (χ3n) is 5.69. The van der Waals surface area contributed by atoms with Crippen molar-refractivity contribution in [3.63, 3.8) is 0 Å². The summed E-state index contributed by atoms with van der Waals surface area (Å²) in [5, 5.41) is 9.77. The van der Waals surface area contributed by atoms with E-state index in [9.17, 15) is 9.59 Å². The summed E-state index contributed by atoms with van der Waals surface area (Å²) in [6.07, 6.45) is 4.68. The third-order valence-corrected chi connectivity index (χ3v) is 5.69. The maximum Gasteiger partial charge on any atom is 0.248 e. The number of aromatic nitrogens is 3. The van der Waals surface area contributed by atoms with E-state index >= 15 is 0 Å². The molecule has 1 heterocycles. The maximum absolute atomic E-state index is 12.5. The Labute approximate surface area is 169 Å². The fourth-order valence-electron chi connectivity index (χ4n) is 4.35. The molecule has 0 saturated heterocycles. The number of nitrogens with one attached hydrogen (secondary N) is 2. The van der Waals surface area contributed by atoms with E-state index in [0.29, 0.717) is 18.4 Å². The summed E-state index contributed by atoms with van der Waals surface area (Å²) < 4.78 is 1.41. The number of hydrogen-bond donors (Lipinski definition) is 3. The Morgan fingerprint density at radius 1 is 1.18 bits per heavy atom. The van der Waals surface area contributed by atoms with Gasteiger partial charge < -0.3 is 11.1 Å². The summed E-state index contributed by atoms with van der Waals surface area (Å²) in [6.45, 7) is 0.503. The molecular formula is C19H25ClN6O2. The van der Waals surface area contributed by atoms with E-state index in [2.05, 4.69) is 20.7 Å². The van der Waals surface area contributed by atoms with E-state index < -0.39 is 0 Å². The molecule has 1 aromatic heterocycles. The Morgan fingerprint density at radius 2 is 1.93 bits per heavy atom. The molecule has 28 heavy (non-hydrogen) atoms. The van der Waals surface area contributed by atoms with Crippen molar-refractivity contribution in [2.24, 2.45) is 23.5 Å². The average Bonchev–Trinajstić information content (AvgIpc) is 3.37. The quantitative estimate of drug-likeness (QED) is 0.671. The van der Waals surface area contributed by atoms with Crippen LogP contribution in [0.15, 0.2) is 36.7 Å². The minimum absolute atomic E-state index is 0. The summed E-state index contributed by atoms with van der Waals surface area (Å²) in [5.41, 5.74) is 7.24. The molecule has 4 atom stereocenters. The first-order valence-corrected chi connectivity index (χ1v) is 9.36. The van der Waals surface area contributed by atoms with Gasteiger partial charge in [0.1, 0.15) is 12.9 Å². The van der Waals surface area contributed by atoms with Crippen LogP contribution in [-0.4, -0.2) is 32.6 Å². The van der Waals surface area contributed by atoms with Crippen molar-refractivity contribution in [1.29, 1.82) is 0 Å². The van der Waals surface area contributed by atoms with Gasteiger partial charge in [0.15, 0.2) is 0 Å². The third kappa shape index (κ3) is 4.34. The molecule has 4 rings (SSSR count). The molecule has 4 unspecified atom stereocenters. The Bertz CT molecular complexity index is 825. The van der Waals surface area contributed by atoms with Crippen molar-refractivity contribution >= 4 is 30.2 Å². The van der Waals surface area contributed by atoms with Gasteiger partial charge in [-0.05, 0) is 36.7 Å². The van der Waals surface area contributed by atoms with Crippen LogP contribution in [0.4, 0.5) is 5.95 Å². The van der Waals surface area contributed by atoms with Gasteiger partial charge in [-0.2, -0.15) is 0 Å². The number of benzene rings is 1. The van der Waals surface area contributed by atoms with E-state index in [-0.39, 0.29) is 48.7 Å². The molecule has 2 amide bonds. The second-order valence-corrected chi connectivity index (χ2v) is 7.45. The van der Waals surface area contributed by atoms with Crippen molar-refractivity contribution in [2.75, 3.05) is 5.32 Å². The summed E-state index contributed by atoms with van der Waals surface area (Å²) in [4.78, 5) is 28.7. The SMILES string of the molecule is Cl.NC1C2CCC(C2)C1C(=O)Nc1ncn(CC(=O)NCc2ccccc2)n1. The average molecular weight is 405 g/mol. The Kier molecular flexibility index (Phi) is 6.31. The molecule has 1 aromatic carbocycles. The van der Waals surface area contributed by atoms with Crippen LogP contribution in [0, 0.1) is 17.8 Å². The standard InChI is InChI=1S/C19H24N6O2.ClH/c20-17-14-7-6-13(8-14)16(17)18(27)23-19-22-11-25(24-19)10-15(26)21-9-12-4-2-1-3-5-12;/h1-5,11,13-14,16-17H,6-10,20H2,(H,21,26)(H,23,24,27);1H. The van der Waals surface area contributed by atoms with Crippen molar-refractivity contribution in [3.05, 3.63) is 42.2 Å². The number of amides is 2. The van der Waals surface area contributed by atoms with Gasteiger partial charge in [0.2, 0.25) is 17.8 Å². The van der Waals surface area contributed by atoms with Crippen molar-refractivity contribution in [3.8, 4) is 0 Å². The lowest BCUT2D eigenvalue weighted by atomic mass is 9.84. The van der Waals surface area contributed by atoms with E-state index in [1.807, 2.05) is 30.3 Å². The number of nitrogens with two attached hydrogens (primary N) is 1. The Morgan fingerprint density at radius 3 is 2.64 bits per heavy atom. The number of carbonyl (C=O) groups is 2. The van der Waals surface area contributed by atoms with Crippen molar-refractivity contribution in [2.45, 2.75) is 38.4 Å². The molecule has 0 radical (unpaired) electrons. The normalized spacial score (nSPS) is 25.2. The van der Waals surface area contributed by atoms with Gasteiger partial charge >= 0.3 is 0 Å². The highest BCUT2D eigenvalue weighted by Gasteiger charge is 2.49. The number of carbonyl (C=O) groups excluding carboxylic acids is 2. The summed E-state index contributed by atoms with van der Waals surface area (Å²) >= 11 is 0. The molecule has 2 bridgehead atoms. The predicted molar refractivity (Wildman–Crippen MR) is 106 cm³/mol. The van der Waals surface area contributed by atoms with Gasteiger partial charge in [0, 0.05) is 12.6 Å². The first-order valence-electron chi connectivity index (χ1n) is 9.36. The van der Waals surface area contributed by atoms with Gasteiger partial charge in [-0.1, -0.05) is 30.3 Å². The van der Waals surface area contributed by atoms with Crippen LogP contribution in [0.25, 0.3) is 0 Å². The largest absolute Gasteiger partial charge is 0.350 e. The lowest BCUT2D eigenvalue weighted by molar-refractivity contribution is -0.122. The molecule has 150 valence electrons. The number of rotatable bonds is 6. The lowest BCUT2D eigenvalue weighted by Gasteiger charge is -2.26. The highest BCUT2D eigenvalue weighted by molar-refractivity contribution is 5.92. The van der Waals surface area contributed by atoms with Crippen LogP contribution >= 0.6 is 12.4 Å². The number of halogens is 1. The first-order chi connectivity index (χ1) is 13.1. The number of fused-ring (bicyclic) bond motifs is 2. The van der Waals surface area contributed by atoms with Crippen LogP contribution in [-0.2, 0) is 22.7 Å². The summed E-state index contributed by atoms with van der Waals surface area (Å²) in [7, 11) is 0. The van der Waals surface area contributed by atoms with E-state index in [1.165, 1.54) is 11.0 Å². The van der Waals surface area contributed by atoms with Crippen molar-refractivity contribution in [1.82, 2.24) is 20.1 Å². The van der Waals surface area contributed by atoms with Crippen LogP contribution in [0.5, 0.6) is 0 Å². The van der Waals surface area contributed by atoms with E-state index in [0.717, 1.165) is 24.8 Å². The topological polar surface area (TPSA) is 115 Å². The maximum atomic E-state index is 12.5. The molecule has 2 aliphatic carbocycles. The second-order valence-electron chi connectivity index (χ2n) is 7.45. The number of hydrogen-bond acceptors (Lipinski definition) is 5. The second kappa shape index (κ2) is 8.70. The fourth-order valence-corrected chi connectivity index (χ4v) is 4.35. The summed E-state index contributed by atoms with van der Waals surface area (Å²) in [5.74, 6) is 0.605. The van der Waals surface area contributed by atoms with E-state index in [4.69, 9.17) is 5.73 Å². The summed E-state index contributed by atoms with van der Waals surface area (Å²) in [6, 6.07) is 9.61. The predicted octanol–water partition coefficient (Wildman–Crippen LogP) is 1.33. The highest BCUT2D eigenvalue weighted by Crippen LogP contribution is 2.47. The molecule has 0 spiro atoms. The molecule has 2 fully saturated rings. The fraction of sp³-hybridized carbons (Fsp3) is 0.474. The minimum Gasteiger partial charge on any atom is -0.350 e. The molecule has 0 aliphatic heterocycles. The zero-order valence-electron chi connectivity index (χ0n) is 15.5. The van der Waals surface area contributed by atoms with Gasteiger partial charge in [-0.25, -0.2) is 9.67 Å². The van der Waals surface area contributed by atoms with Crippen molar-refractivity contribution < 1.29 is 9.59 Å². The van der Waals surface area contributed by atoms with Crippen LogP contribution in [0.1, 0.15) is 24.8 Å². The highest BCUT2D eigenvalue weighted by atomic mass is 35.5. The Hall–Kier alpha value is -2.45. The Balaban J connectivity index is 0.00000225. The number of anilines is 1. The van der Waals surface area contributed by atoms with Crippen LogP contribution in [0.3, 0.4) is 0 Å². The van der Waals surface area contributed by atoms with Gasteiger partial charge in [0.25, 0.3) is 0 Å². The zero-order chi connectivity index (χ0) is 18.8. The van der Waals surface area contributed by atoms with Gasteiger partial charge in [-0.15, -0.1) is 17.5 Å². The zero-order valence-corrected chi connectivity index (χ0v) is 16.3. The smallest absolute Gasteiger partial charge is 0.248 e. The molecule has 2 aromatic rings. The lowest BCUT2D eigenvalue weighted by Crippen LogP contribution is -2.42. The van der Waals surface area contributed by atoms with E-state index in [1.54, 1.807) is 0 Å². The first kappa shape index (κ1) is 20.3. The molecule has 8 nitrogen and oxygen atoms in total. The minimum atomic E-state index is -0.170. The molecule has 4 N–H and O–H groups in total.